The smallest absolute Gasteiger partial charge is 0.179 e. The minimum absolute atomic E-state index is 0. The SMILES string of the molecule is COc1cc(CN2CCC(N3CCNCC3)C2)cc(Cl)c1OC.Cl. The molecule has 1 atom stereocenters. The fraction of sp³-hybridized carbons (Fsp3) is 0.647. The Labute approximate surface area is 155 Å². The van der Waals surface area contributed by atoms with Crippen LogP contribution in [0.2, 0.25) is 5.02 Å². The number of piperazine rings is 1. The zero-order valence-electron chi connectivity index (χ0n) is 14.4. The van der Waals surface area contributed by atoms with Gasteiger partial charge in [-0.05, 0) is 24.1 Å². The van der Waals surface area contributed by atoms with Crippen molar-refractivity contribution in [2.75, 3.05) is 53.5 Å². The number of nitrogens with zero attached hydrogens (tertiary/aromatic N) is 2. The molecule has 1 aromatic carbocycles. The van der Waals surface area contributed by atoms with E-state index in [1.54, 1.807) is 14.2 Å². The van der Waals surface area contributed by atoms with Crippen molar-refractivity contribution >= 4 is 24.0 Å². The van der Waals surface area contributed by atoms with Gasteiger partial charge in [0, 0.05) is 51.9 Å². The largest absolute Gasteiger partial charge is 0.493 e. The zero-order chi connectivity index (χ0) is 16.2. The molecule has 0 aliphatic carbocycles. The summed E-state index contributed by atoms with van der Waals surface area (Å²) in [6.07, 6.45) is 1.25. The van der Waals surface area contributed by atoms with Crippen LogP contribution in [0, 0.1) is 0 Å². The maximum atomic E-state index is 6.31. The number of methoxy groups -OCH3 is 2. The van der Waals surface area contributed by atoms with Gasteiger partial charge in [0.15, 0.2) is 11.5 Å². The summed E-state index contributed by atoms with van der Waals surface area (Å²) in [6, 6.07) is 4.71. The van der Waals surface area contributed by atoms with Crippen LogP contribution in [-0.2, 0) is 6.54 Å². The second kappa shape index (κ2) is 9.11. The normalized spacial score (nSPS) is 22.2. The molecule has 24 heavy (non-hydrogen) atoms. The minimum Gasteiger partial charge on any atom is -0.493 e. The molecule has 0 spiro atoms. The van der Waals surface area contributed by atoms with Gasteiger partial charge in [0.25, 0.3) is 0 Å². The quantitative estimate of drug-likeness (QED) is 0.853. The van der Waals surface area contributed by atoms with Gasteiger partial charge in [-0.15, -0.1) is 12.4 Å². The number of halogens is 2. The van der Waals surface area contributed by atoms with Crippen molar-refractivity contribution in [2.45, 2.75) is 19.0 Å². The first-order chi connectivity index (χ1) is 11.2. The molecule has 7 heteroatoms. The van der Waals surface area contributed by atoms with Crippen molar-refractivity contribution in [1.82, 2.24) is 15.1 Å². The Hall–Kier alpha value is -0.720. The lowest BCUT2D eigenvalue weighted by Crippen LogP contribution is -2.49. The van der Waals surface area contributed by atoms with Crippen molar-refractivity contribution in [2.24, 2.45) is 0 Å². The van der Waals surface area contributed by atoms with Crippen molar-refractivity contribution in [1.29, 1.82) is 0 Å². The first-order valence-corrected chi connectivity index (χ1v) is 8.66. The lowest BCUT2D eigenvalue weighted by molar-refractivity contribution is 0.170. The van der Waals surface area contributed by atoms with E-state index in [1.807, 2.05) is 12.1 Å². The molecule has 1 aromatic rings. The third kappa shape index (κ3) is 4.46. The number of benzene rings is 1. The molecule has 3 rings (SSSR count). The van der Waals surface area contributed by atoms with Gasteiger partial charge >= 0.3 is 0 Å². The molecule has 2 aliphatic heterocycles. The number of likely N-dealkylation sites (tertiary alicyclic amines) is 1. The van der Waals surface area contributed by atoms with Gasteiger partial charge in [-0.1, -0.05) is 11.6 Å². The molecule has 2 aliphatic rings. The summed E-state index contributed by atoms with van der Waals surface area (Å²) in [7, 11) is 3.26. The Balaban J connectivity index is 0.00000208. The predicted octanol–water partition coefficient (Wildman–Crippen LogP) is 2.26. The lowest BCUT2D eigenvalue weighted by Gasteiger charge is -2.32. The van der Waals surface area contributed by atoms with Gasteiger partial charge in [-0.3, -0.25) is 9.80 Å². The second-order valence-corrected chi connectivity index (χ2v) is 6.68. The van der Waals surface area contributed by atoms with E-state index in [4.69, 9.17) is 21.1 Å². The summed E-state index contributed by atoms with van der Waals surface area (Å²) < 4.78 is 10.7. The topological polar surface area (TPSA) is 37.0 Å². The standard InChI is InChI=1S/C17H26ClN3O2.ClH/c1-22-16-10-13(9-15(18)17(16)23-2)11-20-6-3-14(12-20)21-7-4-19-5-8-21;/h9-10,14,19H,3-8,11-12H2,1-2H3;1H. The van der Waals surface area contributed by atoms with Crippen molar-refractivity contribution in [3.63, 3.8) is 0 Å². The van der Waals surface area contributed by atoms with E-state index < -0.39 is 0 Å². The van der Waals surface area contributed by atoms with Crippen LogP contribution in [0.3, 0.4) is 0 Å². The average Bonchev–Trinajstić information content (AvgIpc) is 3.03. The highest BCUT2D eigenvalue weighted by Crippen LogP contribution is 2.36. The highest BCUT2D eigenvalue weighted by atomic mass is 35.5. The van der Waals surface area contributed by atoms with Gasteiger partial charge in [-0.25, -0.2) is 0 Å². The van der Waals surface area contributed by atoms with Crippen molar-refractivity contribution in [3.05, 3.63) is 22.7 Å². The van der Waals surface area contributed by atoms with Crippen LogP contribution in [0.5, 0.6) is 11.5 Å². The molecule has 0 saturated carbocycles. The molecule has 136 valence electrons. The molecule has 0 amide bonds. The van der Waals surface area contributed by atoms with Crippen LogP contribution >= 0.6 is 24.0 Å². The molecule has 2 heterocycles. The number of nitrogens with one attached hydrogen (secondary N) is 1. The number of hydrogen-bond acceptors (Lipinski definition) is 5. The monoisotopic (exact) mass is 375 g/mol. The van der Waals surface area contributed by atoms with Crippen molar-refractivity contribution in [3.8, 4) is 11.5 Å². The molecule has 1 unspecified atom stereocenters. The lowest BCUT2D eigenvalue weighted by atomic mass is 10.2. The number of ether oxygens (including phenoxy) is 2. The summed E-state index contributed by atoms with van der Waals surface area (Å²) in [5.74, 6) is 1.31. The molecule has 0 bridgehead atoms. The van der Waals surface area contributed by atoms with Crippen LogP contribution in [-0.4, -0.2) is 69.3 Å². The minimum atomic E-state index is 0. The Morgan fingerprint density at radius 1 is 1.17 bits per heavy atom. The van der Waals surface area contributed by atoms with Gasteiger partial charge in [0.1, 0.15) is 0 Å². The van der Waals surface area contributed by atoms with E-state index in [2.05, 4.69) is 15.1 Å². The summed E-state index contributed by atoms with van der Waals surface area (Å²) in [4.78, 5) is 5.13. The van der Waals surface area contributed by atoms with E-state index in [0.717, 1.165) is 32.7 Å². The van der Waals surface area contributed by atoms with E-state index >= 15 is 0 Å². The first kappa shape index (κ1) is 19.6. The highest BCUT2D eigenvalue weighted by molar-refractivity contribution is 6.32. The van der Waals surface area contributed by atoms with Crippen LogP contribution < -0.4 is 14.8 Å². The van der Waals surface area contributed by atoms with Crippen LogP contribution in [0.15, 0.2) is 12.1 Å². The van der Waals surface area contributed by atoms with Crippen LogP contribution in [0.4, 0.5) is 0 Å². The van der Waals surface area contributed by atoms with Crippen LogP contribution in [0.1, 0.15) is 12.0 Å². The molecule has 5 nitrogen and oxygen atoms in total. The molecular formula is C17H27Cl2N3O2. The van der Waals surface area contributed by atoms with Gasteiger partial charge < -0.3 is 14.8 Å². The summed E-state index contributed by atoms with van der Waals surface area (Å²) in [6.45, 7) is 7.74. The van der Waals surface area contributed by atoms with Gasteiger partial charge in [0.2, 0.25) is 0 Å². The first-order valence-electron chi connectivity index (χ1n) is 8.28. The van der Waals surface area contributed by atoms with Crippen molar-refractivity contribution < 1.29 is 9.47 Å². The van der Waals surface area contributed by atoms with E-state index in [1.165, 1.54) is 25.1 Å². The van der Waals surface area contributed by atoms with E-state index in [0.29, 0.717) is 22.6 Å². The Morgan fingerprint density at radius 2 is 1.92 bits per heavy atom. The summed E-state index contributed by atoms with van der Waals surface area (Å²) >= 11 is 6.31. The Bertz CT molecular complexity index is 539. The van der Waals surface area contributed by atoms with Gasteiger partial charge in [-0.2, -0.15) is 0 Å². The zero-order valence-corrected chi connectivity index (χ0v) is 16.0. The molecule has 1 N–H and O–H groups in total. The molecule has 2 fully saturated rings. The maximum Gasteiger partial charge on any atom is 0.179 e. The third-order valence-corrected chi connectivity index (χ3v) is 5.10. The fourth-order valence-corrected chi connectivity index (χ4v) is 3.93. The average molecular weight is 376 g/mol. The molecule has 2 saturated heterocycles. The van der Waals surface area contributed by atoms with E-state index in [-0.39, 0.29) is 12.4 Å². The third-order valence-electron chi connectivity index (χ3n) is 4.82. The van der Waals surface area contributed by atoms with Crippen LogP contribution in [0.25, 0.3) is 0 Å². The molecule has 0 radical (unpaired) electrons. The number of rotatable bonds is 5. The predicted molar refractivity (Wildman–Crippen MR) is 99.9 cm³/mol. The number of hydrogen-bond donors (Lipinski definition) is 1. The summed E-state index contributed by atoms with van der Waals surface area (Å²) in [5.41, 5.74) is 1.17. The van der Waals surface area contributed by atoms with E-state index in [9.17, 15) is 0 Å². The Morgan fingerprint density at radius 3 is 2.58 bits per heavy atom. The molecular weight excluding hydrogens is 349 g/mol. The summed E-state index contributed by atoms with van der Waals surface area (Å²) in [5, 5.41) is 4.03. The van der Waals surface area contributed by atoms with Gasteiger partial charge in [0.05, 0.1) is 19.2 Å². The fourth-order valence-electron chi connectivity index (χ4n) is 3.62. The molecule has 0 aromatic heterocycles. The second-order valence-electron chi connectivity index (χ2n) is 6.28. The highest BCUT2D eigenvalue weighted by Gasteiger charge is 2.28. The Kier molecular flexibility index (Phi) is 7.44. The maximum absolute atomic E-state index is 6.31.